The SMILES string of the molecule is Oc1ccccc1CN(C(=S)NC1CCCCC1)c1ccc(F)cc1. The second-order valence-corrected chi connectivity index (χ2v) is 6.86. The zero-order valence-electron chi connectivity index (χ0n) is 14.1. The molecular formula is C20H23FN2OS. The van der Waals surface area contributed by atoms with Crippen LogP contribution in [0.5, 0.6) is 5.75 Å². The van der Waals surface area contributed by atoms with Crippen molar-refractivity contribution in [1.82, 2.24) is 5.32 Å². The van der Waals surface area contributed by atoms with Gasteiger partial charge in [-0.15, -0.1) is 0 Å². The standard InChI is InChI=1S/C20H23FN2OS/c21-16-10-12-18(13-11-16)23(14-15-6-4-5-9-19(15)24)20(25)22-17-7-2-1-3-8-17/h4-6,9-13,17,24H,1-3,7-8,14H2,(H,22,25). The van der Waals surface area contributed by atoms with Crippen LogP contribution in [0.2, 0.25) is 0 Å². The Morgan fingerprint density at radius 2 is 1.76 bits per heavy atom. The van der Waals surface area contributed by atoms with E-state index in [1.165, 1.54) is 31.4 Å². The number of hydrogen-bond acceptors (Lipinski definition) is 2. The lowest BCUT2D eigenvalue weighted by molar-refractivity contribution is 0.413. The molecule has 0 atom stereocenters. The lowest BCUT2D eigenvalue weighted by atomic mass is 9.96. The summed E-state index contributed by atoms with van der Waals surface area (Å²) in [5.41, 5.74) is 1.58. The number of phenols is 1. The Balaban J connectivity index is 1.81. The van der Waals surface area contributed by atoms with Crippen LogP contribution in [0.3, 0.4) is 0 Å². The van der Waals surface area contributed by atoms with Crippen molar-refractivity contribution in [3.05, 3.63) is 59.9 Å². The zero-order valence-corrected chi connectivity index (χ0v) is 14.9. The maximum atomic E-state index is 13.3. The van der Waals surface area contributed by atoms with E-state index in [-0.39, 0.29) is 11.6 Å². The highest BCUT2D eigenvalue weighted by atomic mass is 32.1. The second-order valence-electron chi connectivity index (χ2n) is 6.48. The van der Waals surface area contributed by atoms with Crippen LogP contribution in [-0.4, -0.2) is 16.3 Å². The van der Waals surface area contributed by atoms with Gasteiger partial charge in [-0.05, 0) is 55.4 Å². The molecule has 2 aromatic rings. The van der Waals surface area contributed by atoms with Crippen molar-refractivity contribution in [2.75, 3.05) is 4.90 Å². The molecule has 3 rings (SSSR count). The van der Waals surface area contributed by atoms with Gasteiger partial charge in [0.1, 0.15) is 11.6 Å². The number of para-hydroxylation sites is 1. The van der Waals surface area contributed by atoms with Crippen LogP contribution in [0, 0.1) is 5.82 Å². The molecule has 2 aromatic carbocycles. The minimum atomic E-state index is -0.280. The average molecular weight is 358 g/mol. The fraction of sp³-hybridized carbons (Fsp3) is 0.350. The number of aromatic hydroxyl groups is 1. The van der Waals surface area contributed by atoms with Gasteiger partial charge in [0.25, 0.3) is 0 Å². The van der Waals surface area contributed by atoms with E-state index in [0.29, 0.717) is 17.7 Å². The number of nitrogens with one attached hydrogen (secondary N) is 1. The van der Waals surface area contributed by atoms with Crippen molar-refractivity contribution in [1.29, 1.82) is 0 Å². The first-order chi connectivity index (χ1) is 12.1. The van der Waals surface area contributed by atoms with Gasteiger partial charge in [0.05, 0.1) is 6.54 Å². The molecule has 25 heavy (non-hydrogen) atoms. The smallest absolute Gasteiger partial charge is 0.173 e. The van der Waals surface area contributed by atoms with Crippen LogP contribution in [0.15, 0.2) is 48.5 Å². The van der Waals surface area contributed by atoms with E-state index >= 15 is 0 Å². The van der Waals surface area contributed by atoms with E-state index in [0.717, 1.165) is 24.1 Å². The predicted octanol–water partition coefficient (Wildman–Crippen LogP) is 4.75. The van der Waals surface area contributed by atoms with E-state index < -0.39 is 0 Å². The highest BCUT2D eigenvalue weighted by molar-refractivity contribution is 7.80. The third kappa shape index (κ3) is 4.69. The van der Waals surface area contributed by atoms with E-state index in [2.05, 4.69) is 5.32 Å². The fourth-order valence-electron chi connectivity index (χ4n) is 3.22. The van der Waals surface area contributed by atoms with Crippen LogP contribution in [-0.2, 0) is 6.54 Å². The summed E-state index contributed by atoms with van der Waals surface area (Å²) in [5, 5.41) is 14.2. The third-order valence-electron chi connectivity index (χ3n) is 4.64. The Morgan fingerprint density at radius 3 is 2.44 bits per heavy atom. The normalized spacial score (nSPS) is 14.9. The molecule has 0 aliphatic heterocycles. The largest absolute Gasteiger partial charge is 0.508 e. The van der Waals surface area contributed by atoms with Gasteiger partial charge >= 0.3 is 0 Å². The van der Waals surface area contributed by atoms with Crippen molar-refractivity contribution in [2.24, 2.45) is 0 Å². The van der Waals surface area contributed by atoms with E-state index in [1.807, 2.05) is 17.0 Å². The molecule has 0 radical (unpaired) electrons. The summed E-state index contributed by atoms with van der Waals surface area (Å²) in [6.07, 6.45) is 5.96. The van der Waals surface area contributed by atoms with Crippen molar-refractivity contribution < 1.29 is 9.50 Å². The van der Waals surface area contributed by atoms with Crippen LogP contribution in [0.1, 0.15) is 37.7 Å². The fourth-order valence-corrected chi connectivity index (χ4v) is 3.55. The minimum Gasteiger partial charge on any atom is -0.508 e. The summed E-state index contributed by atoms with van der Waals surface area (Å²) >= 11 is 5.65. The van der Waals surface area contributed by atoms with Gasteiger partial charge in [-0.2, -0.15) is 0 Å². The van der Waals surface area contributed by atoms with E-state index in [1.54, 1.807) is 24.3 Å². The summed E-state index contributed by atoms with van der Waals surface area (Å²) in [4.78, 5) is 1.92. The molecule has 3 nitrogen and oxygen atoms in total. The summed E-state index contributed by atoms with van der Waals surface area (Å²) in [6, 6.07) is 13.9. The number of nitrogens with zero attached hydrogens (tertiary/aromatic N) is 1. The molecule has 5 heteroatoms. The molecule has 0 heterocycles. The number of benzene rings is 2. The van der Waals surface area contributed by atoms with Crippen LogP contribution < -0.4 is 10.2 Å². The first-order valence-electron chi connectivity index (χ1n) is 8.74. The number of thiocarbonyl (C=S) groups is 1. The van der Waals surface area contributed by atoms with E-state index in [9.17, 15) is 9.50 Å². The van der Waals surface area contributed by atoms with Gasteiger partial charge in [0.2, 0.25) is 0 Å². The van der Waals surface area contributed by atoms with Crippen LogP contribution in [0.25, 0.3) is 0 Å². The lowest BCUT2D eigenvalue weighted by Crippen LogP contribution is -2.45. The molecule has 1 aliphatic rings. The molecular weight excluding hydrogens is 335 g/mol. The summed E-state index contributed by atoms with van der Waals surface area (Å²) in [6.45, 7) is 0.427. The number of anilines is 1. The first kappa shape index (κ1) is 17.7. The lowest BCUT2D eigenvalue weighted by Gasteiger charge is -2.31. The molecule has 1 fully saturated rings. The topological polar surface area (TPSA) is 35.5 Å². The molecule has 132 valence electrons. The minimum absolute atomic E-state index is 0.232. The van der Waals surface area contributed by atoms with Gasteiger partial charge in [-0.3, -0.25) is 0 Å². The molecule has 1 aliphatic carbocycles. The summed E-state index contributed by atoms with van der Waals surface area (Å²) < 4.78 is 13.3. The van der Waals surface area contributed by atoms with E-state index in [4.69, 9.17) is 12.2 Å². The number of rotatable bonds is 4. The van der Waals surface area contributed by atoms with Gasteiger partial charge in [0.15, 0.2) is 5.11 Å². The van der Waals surface area contributed by atoms with Crippen molar-refractivity contribution in [2.45, 2.75) is 44.7 Å². The second kappa shape index (κ2) is 8.30. The molecule has 2 N–H and O–H groups in total. The molecule has 0 saturated heterocycles. The van der Waals surface area contributed by atoms with Crippen molar-refractivity contribution in [3.8, 4) is 5.75 Å². The highest BCUT2D eigenvalue weighted by Crippen LogP contribution is 2.24. The zero-order chi connectivity index (χ0) is 17.6. The maximum Gasteiger partial charge on any atom is 0.173 e. The van der Waals surface area contributed by atoms with Crippen molar-refractivity contribution in [3.63, 3.8) is 0 Å². The Hall–Kier alpha value is -2.14. The quantitative estimate of drug-likeness (QED) is 0.774. The molecule has 0 bridgehead atoms. The summed E-state index contributed by atoms with van der Waals surface area (Å²) in [7, 11) is 0. The van der Waals surface area contributed by atoms with Gasteiger partial charge in [-0.25, -0.2) is 4.39 Å². The van der Waals surface area contributed by atoms with Gasteiger partial charge < -0.3 is 15.3 Å². The Labute approximate surface area is 153 Å². The average Bonchev–Trinajstić information content (AvgIpc) is 2.63. The highest BCUT2D eigenvalue weighted by Gasteiger charge is 2.19. The molecule has 0 aromatic heterocycles. The predicted molar refractivity (Wildman–Crippen MR) is 103 cm³/mol. The van der Waals surface area contributed by atoms with Crippen molar-refractivity contribution >= 4 is 23.0 Å². The van der Waals surface area contributed by atoms with Gasteiger partial charge in [-0.1, -0.05) is 37.5 Å². The molecule has 0 spiro atoms. The van der Waals surface area contributed by atoms with Crippen LogP contribution >= 0.6 is 12.2 Å². The molecule has 0 amide bonds. The summed E-state index contributed by atoms with van der Waals surface area (Å²) in [5.74, 6) is -0.0486. The van der Waals surface area contributed by atoms with Gasteiger partial charge in [0, 0.05) is 17.3 Å². The number of phenolic OH excluding ortho intramolecular Hbond substituents is 1. The maximum absolute atomic E-state index is 13.3. The Morgan fingerprint density at radius 1 is 1.08 bits per heavy atom. The first-order valence-corrected chi connectivity index (χ1v) is 9.15. The molecule has 1 saturated carbocycles. The monoisotopic (exact) mass is 358 g/mol. The third-order valence-corrected chi connectivity index (χ3v) is 4.97. The Bertz CT molecular complexity index is 714. The molecule has 0 unspecified atom stereocenters. The Kier molecular flexibility index (Phi) is 5.87. The number of halogens is 1. The number of hydrogen-bond donors (Lipinski definition) is 2. The van der Waals surface area contributed by atoms with Crippen LogP contribution in [0.4, 0.5) is 10.1 Å².